The van der Waals surface area contributed by atoms with E-state index < -0.39 is 0 Å². The van der Waals surface area contributed by atoms with Crippen LogP contribution >= 0.6 is 11.3 Å². The first-order chi connectivity index (χ1) is 9.13. The van der Waals surface area contributed by atoms with E-state index in [9.17, 15) is 0 Å². The predicted octanol–water partition coefficient (Wildman–Crippen LogP) is 2.81. The van der Waals surface area contributed by atoms with Crippen molar-refractivity contribution in [2.75, 3.05) is 7.11 Å². The molecule has 0 aliphatic carbocycles. The number of rotatable bonds is 5. The fourth-order valence-corrected chi connectivity index (χ4v) is 2.57. The van der Waals surface area contributed by atoms with Gasteiger partial charge in [0, 0.05) is 17.0 Å². The summed E-state index contributed by atoms with van der Waals surface area (Å²) in [4.78, 5) is 5.68. The summed E-state index contributed by atoms with van der Waals surface area (Å²) >= 11 is 1.66. The molecule has 0 saturated heterocycles. The van der Waals surface area contributed by atoms with E-state index in [0.717, 1.165) is 27.8 Å². The van der Waals surface area contributed by atoms with E-state index in [1.807, 2.05) is 25.1 Å². The van der Waals surface area contributed by atoms with E-state index in [4.69, 9.17) is 15.2 Å². The molecule has 5 heteroatoms. The number of aryl methyl sites for hydroxylation is 2. The molecule has 0 amide bonds. The highest BCUT2D eigenvalue weighted by molar-refractivity contribution is 7.11. The molecule has 2 rings (SSSR count). The van der Waals surface area contributed by atoms with Crippen molar-refractivity contribution in [1.82, 2.24) is 4.98 Å². The molecule has 0 bridgehead atoms. The third-order valence-corrected chi connectivity index (χ3v) is 3.96. The summed E-state index contributed by atoms with van der Waals surface area (Å²) in [5.41, 5.74) is 7.72. The third kappa shape index (κ3) is 3.24. The summed E-state index contributed by atoms with van der Waals surface area (Å²) in [6, 6.07) is 5.65. The fraction of sp³-hybridized carbons (Fsp3) is 0.357. The lowest BCUT2D eigenvalue weighted by Crippen LogP contribution is -2.03. The van der Waals surface area contributed by atoms with Crippen molar-refractivity contribution in [3.8, 4) is 11.5 Å². The average molecular weight is 278 g/mol. The molecule has 4 nitrogen and oxygen atoms in total. The van der Waals surface area contributed by atoms with E-state index in [2.05, 4.69) is 11.9 Å². The predicted molar refractivity (Wildman–Crippen MR) is 76.8 cm³/mol. The molecule has 0 saturated carbocycles. The molecular weight excluding hydrogens is 260 g/mol. The molecule has 2 N–H and O–H groups in total. The van der Waals surface area contributed by atoms with Gasteiger partial charge in [-0.1, -0.05) is 0 Å². The Morgan fingerprint density at radius 1 is 1.32 bits per heavy atom. The first-order valence-electron chi connectivity index (χ1n) is 6.06. The van der Waals surface area contributed by atoms with Crippen LogP contribution in [-0.2, 0) is 13.2 Å². The highest BCUT2D eigenvalue weighted by Crippen LogP contribution is 2.25. The van der Waals surface area contributed by atoms with E-state index >= 15 is 0 Å². The highest BCUT2D eigenvalue weighted by atomic mass is 32.1. The quantitative estimate of drug-likeness (QED) is 0.913. The van der Waals surface area contributed by atoms with Crippen LogP contribution in [0.3, 0.4) is 0 Å². The average Bonchev–Trinajstić information content (AvgIpc) is 2.75. The Morgan fingerprint density at radius 2 is 2.11 bits per heavy atom. The molecule has 1 heterocycles. The number of hydrogen-bond donors (Lipinski definition) is 1. The molecule has 1 aromatic heterocycles. The topological polar surface area (TPSA) is 57.4 Å². The number of aromatic nitrogens is 1. The maximum atomic E-state index is 5.79. The lowest BCUT2D eigenvalue weighted by atomic mass is 10.2. The lowest BCUT2D eigenvalue weighted by molar-refractivity contribution is 0.301. The summed E-state index contributed by atoms with van der Waals surface area (Å²) in [6.45, 7) is 4.96. The van der Waals surface area contributed by atoms with Crippen LogP contribution < -0.4 is 15.2 Å². The first kappa shape index (κ1) is 13.8. The van der Waals surface area contributed by atoms with Crippen LogP contribution in [0.25, 0.3) is 0 Å². The Kier molecular flexibility index (Phi) is 4.39. The zero-order valence-corrected chi connectivity index (χ0v) is 12.2. The third-order valence-electron chi connectivity index (χ3n) is 2.91. The van der Waals surface area contributed by atoms with Crippen molar-refractivity contribution in [3.63, 3.8) is 0 Å². The van der Waals surface area contributed by atoms with Gasteiger partial charge in [0.1, 0.15) is 23.1 Å². The van der Waals surface area contributed by atoms with Crippen LogP contribution in [-0.4, -0.2) is 12.1 Å². The minimum Gasteiger partial charge on any atom is -0.497 e. The van der Waals surface area contributed by atoms with Gasteiger partial charge >= 0.3 is 0 Å². The number of nitrogens with zero attached hydrogens (tertiary/aromatic N) is 1. The zero-order valence-electron chi connectivity index (χ0n) is 11.4. The van der Waals surface area contributed by atoms with Gasteiger partial charge in [-0.2, -0.15) is 0 Å². The van der Waals surface area contributed by atoms with Crippen LogP contribution in [0.1, 0.15) is 21.1 Å². The van der Waals surface area contributed by atoms with Crippen LogP contribution in [0.5, 0.6) is 11.5 Å². The number of hydrogen-bond acceptors (Lipinski definition) is 5. The zero-order chi connectivity index (χ0) is 13.8. The second kappa shape index (κ2) is 6.04. The molecule has 0 unspecified atom stereocenters. The van der Waals surface area contributed by atoms with Crippen molar-refractivity contribution < 1.29 is 9.47 Å². The second-order valence-electron chi connectivity index (χ2n) is 4.22. The van der Waals surface area contributed by atoms with Crippen LogP contribution in [0.4, 0.5) is 0 Å². The molecule has 19 heavy (non-hydrogen) atoms. The smallest absolute Gasteiger partial charge is 0.140 e. The first-order valence-corrected chi connectivity index (χ1v) is 6.88. The van der Waals surface area contributed by atoms with Crippen LogP contribution in [0.2, 0.25) is 0 Å². The molecule has 0 spiro atoms. The summed E-state index contributed by atoms with van der Waals surface area (Å²) in [7, 11) is 1.64. The lowest BCUT2D eigenvalue weighted by Gasteiger charge is -2.10. The largest absolute Gasteiger partial charge is 0.497 e. The van der Waals surface area contributed by atoms with E-state index in [1.165, 1.54) is 4.88 Å². The number of benzene rings is 1. The summed E-state index contributed by atoms with van der Waals surface area (Å²) in [5.74, 6) is 1.57. The van der Waals surface area contributed by atoms with E-state index in [-0.39, 0.29) is 0 Å². The minimum atomic E-state index is 0.419. The highest BCUT2D eigenvalue weighted by Gasteiger charge is 2.07. The van der Waals surface area contributed by atoms with Gasteiger partial charge in [-0.25, -0.2) is 4.98 Å². The van der Waals surface area contributed by atoms with Gasteiger partial charge < -0.3 is 15.2 Å². The van der Waals surface area contributed by atoms with Gasteiger partial charge in [-0.15, -0.1) is 11.3 Å². The normalized spacial score (nSPS) is 10.5. The van der Waals surface area contributed by atoms with Crippen molar-refractivity contribution in [2.24, 2.45) is 5.73 Å². The van der Waals surface area contributed by atoms with Gasteiger partial charge in [0.05, 0.1) is 12.8 Å². The number of thiazole rings is 1. The van der Waals surface area contributed by atoms with Crippen molar-refractivity contribution in [2.45, 2.75) is 27.0 Å². The Bertz CT molecular complexity index is 547. The monoisotopic (exact) mass is 278 g/mol. The Hall–Kier alpha value is -1.59. The molecule has 0 aliphatic rings. The minimum absolute atomic E-state index is 0.419. The van der Waals surface area contributed by atoms with Gasteiger partial charge in [0.2, 0.25) is 0 Å². The van der Waals surface area contributed by atoms with Crippen molar-refractivity contribution in [3.05, 3.63) is 39.3 Å². The SMILES string of the molecule is COc1ccc(OCc2nc(C)c(C)s2)c(CN)c1. The molecule has 0 atom stereocenters. The number of ether oxygens (including phenoxy) is 2. The van der Waals surface area contributed by atoms with Gasteiger partial charge in [-0.3, -0.25) is 0 Å². The Balaban J connectivity index is 2.10. The van der Waals surface area contributed by atoms with Crippen molar-refractivity contribution >= 4 is 11.3 Å². The molecule has 1 aromatic carbocycles. The van der Waals surface area contributed by atoms with Crippen LogP contribution in [0, 0.1) is 13.8 Å². The second-order valence-corrected chi connectivity index (χ2v) is 5.50. The van der Waals surface area contributed by atoms with E-state index in [0.29, 0.717) is 13.2 Å². The summed E-state index contributed by atoms with van der Waals surface area (Å²) in [6.07, 6.45) is 0. The standard InChI is InChI=1S/C14H18N2O2S/c1-9-10(2)19-14(16-9)8-18-13-5-4-12(17-3)6-11(13)7-15/h4-6H,7-8,15H2,1-3H3. The fourth-order valence-electron chi connectivity index (χ4n) is 1.72. The maximum Gasteiger partial charge on any atom is 0.140 e. The molecule has 2 aromatic rings. The molecule has 0 fully saturated rings. The van der Waals surface area contributed by atoms with Gasteiger partial charge in [0.15, 0.2) is 0 Å². The number of nitrogens with two attached hydrogens (primary N) is 1. The molecular formula is C14H18N2O2S. The van der Waals surface area contributed by atoms with Gasteiger partial charge in [-0.05, 0) is 32.0 Å². The van der Waals surface area contributed by atoms with Crippen molar-refractivity contribution in [1.29, 1.82) is 0 Å². The Labute approximate surface area is 117 Å². The van der Waals surface area contributed by atoms with Gasteiger partial charge in [0.25, 0.3) is 0 Å². The molecule has 0 aliphatic heterocycles. The summed E-state index contributed by atoms with van der Waals surface area (Å²) in [5, 5.41) is 0.980. The maximum absolute atomic E-state index is 5.79. The van der Waals surface area contributed by atoms with E-state index in [1.54, 1.807) is 18.4 Å². The molecule has 102 valence electrons. The Morgan fingerprint density at radius 3 is 2.68 bits per heavy atom. The van der Waals surface area contributed by atoms with Crippen LogP contribution in [0.15, 0.2) is 18.2 Å². The molecule has 0 radical (unpaired) electrons. The number of methoxy groups -OCH3 is 1. The summed E-state index contributed by atoms with van der Waals surface area (Å²) < 4.78 is 11.0.